The molecule has 0 radical (unpaired) electrons. The number of hydrogen-bond donors (Lipinski definition) is 2. The highest BCUT2D eigenvalue weighted by Gasteiger charge is 2.38. The molecule has 0 aromatic heterocycles. The fourth-order valence-electron chi connectivity index (χ4n) is 4.39. The van der Waals surface area contributed by atoms with Gasteiger partial charge in [-0.3, -0.25) is 4.79 Å². The minimum Gasteiger partial charge on any atom is -0.550 e. The number of allylic oxidation sites excluding steroid dienone is 2. The fraction of sp³-hybridized carbons (Fsp3) is 0.292. The standard InChI is InChI=1S/C24H24N2O5/c1-31-24(30)15-7-5-14(6-8-15)22-18-4-2-3-17(18)19-13-16(9-10-20(19)26-22)23(29)25-12-11-21(27)28/h2-3,5-10,13,17-18,22,26H,4,11-12H2,1H3,(H,25,29)(H,27,28)/p-1/t17-,18-,22-/m0/s1. The lowest BCUT2D eigenvalue weighted by atomic mass is 9.76. The molecule has 2 aromatic carbocycles. The van der Waals surface area contributed by atoms with E-state index >= 15 is 0 Å². The van der Waals surface area contributed by atoms with Crippen LogP contribution in [0.3, 0.4) is 0 Å². The molecule has 4 rings (SSSR count). The van der Waals surface area contributed by atoms with Crippen LogP contribution in [0.15, 0.2) is 54.6 Å². The predicted molar refractivity (Wildman–Crippen MR) is 113 cm³/mol. The largest absolute Gasteiger partial charge is 0.550 e. The molecule has 2 N–H and O–H groups in total. The Balaban J connectivity index is 1.57. The summed E-state index contributed by atoms with van der Waals surface area (Å²) in [5.74, 6) is -1.41. The smallest absolute Gasteiger partial charge is 0.337 e. The first-order valence-corrected chi connectivity index (χ1v) is 10.2. The van der Waals surface area contributed by atoms with Crippen LogP contribution in [0.4, 0.5) is 5.69 Å². The van der Waals surface area contributed by atoms with Crippen molar-refractivity contribution in [2.24, 2.45) is 5.92 Å². The second kappa shape index (κ2) is 8.63. The summed E-state index contributed by atoms with van der Waals surface area (Å²) in [5, 5.41) is 16.8. The van der Waals surface area contributed by atoms with Crippen LogP contribution in [0.25, 0.3) is 0 Å². The molecule has 1 aliphatic heterocycles. The van der Waals surface area contributed by atoms with Crippen molar-refractivity contribution in [2.75, 3.05) is 19.0 Å². The summed E-state index contributed by atoms with van der Waals surface area (Å²) in [5.41, 5.74) is 4.10. The van der Waals surface area contributed by atoms with Crippen molar-refractivity contribution in [2.45, 2.75) is 24.8 Å². The molecule has 0 saturated carbocycles. The van der Waals surface area contributed by atoms with Gasteiger partial charge in [-0.15, -0.1) is 0 Å². The number of benzene rings is 2. The summed E-state index contributed by atoms with van der Waals surface area (Å²) < 4.78 is 4.77. The van der Waals surface area contributed by atoms with Gasteiger partial charge in [0.2, 0.25) is 0 Å². The molecular weight excluding hydrogens is 396 g/mol. The first-order chi connectivity index (χ1) is 15.0. The third kappa shape index (κ3) is 4.17. The van der Waals surface area contributed by atoms with E-state index in [0.29, 0.717) is 11.1 Å². The summed E-state index contributed by atoms with van der Waals surface area (Å²) in [6, 6.07) is 13.0. The summed E-state index contributed by atoms with van der Waals surface area (Å²) >= 11 is 0. The zero-order valence-corrected chi connectivity index (χ0v) is 17.1. The van der Waals surface area contributed by atoms with Gasteiger partial charge in [-0.25, -0.2) is 4.79 Å². The van der Waals surface area contributed by atoms with E-state index < -0.39 is 5.97 Å². The molecule has 0 fully saturated rings. The molecule has 1 heterocycles. The highest BCUT2D eigenvalue weighted by Crippen LogP contribution is 2.49. The van der Waals surface area contributed by atoms with Gasteiger partial charge in [0.05, 0.1) is 18.7 Å². The predicted octanol–water partition coefficient (Wildman–Crippen LogP) is 2.17. The molecule has 1 amide bonds. The number of rotatable bonds is 6. The van der Waals surface area contributed by atoms with E-state index in [1.165, 1.54) is 7.11 Å². The van der Waals surface area contributed by atoms with Gasteiger partial charge in [0.25, 0.3) is 5.91 Å². The second-order valence-corrected chi connectivity index (χ2v) is 7.77. The number of ether oxygens (including phenoxy) is 1. The minimum absolute atomic E-state index is 0.0338. The van der Waals surface area contributed by atoms with Crippen LogP contribution in [0.5, 0.6) is 0 Å². The Hall–Kier alpha value is -3.61. The fourth-order valence-corrected chi connectivity index (χ4v) is 4.39. The number of carbonyl (C=O) groups excluding carboxylic acids is 3. The van der Waals surface area contributed by atoms with Gasteiger partial charge in [0, 0.05) is 36.1 Å². The summed E-state index contributed by atoms with van der Waals surface area (Å²) in [6.07, 6.45) is 5.02. The van der Waals surface area contributed by atoms with Crippen LogP contribution in [0, 0.1) is 5.92 Å². The Morgan fingerprint density at radius 2 is 1.87 bits per heavy atom. The van der Waals surface area contributed by atoms with Crippen LogP contribution >= 0.6 is 0 Å². The van der Waals surface area contributed by atoms with Gasteiger partial charge in [0.15, 0.2) is 0 Å². The molecule has 2 aliphatic rings. The molecule has 3 atom stereocenters. The van der Waals surface area contributed by atoms with E-state index in [4.69, 9.17) is 4.74 Å². The number of methoxy groups -OCH3 is 1. The maximum atomic E-state index is 12.4. The van der Waals surface area contributed by atoms with Crippen LogP contribution in [0.2, 0.25) is 0 Å². The lowest BCUT2D eigenvalue weighted by molar-refractivity contribution is -0.305. The van der Waals surface area contributed by atoms with Gasteiger partial charge < -0.3 is 25.3 Å². The molecule has 0 saturated heterocycles. The van der Waals surface area contributed by atoms with Crippen molar-refractivity contribution in [1.29, 1.82) is 0 Å². The number of hydrogen-bond acceptors (Lipinski definition) is 6. The third-order valence-electron chi connectivity index (χ3n) is 5.93. The number of carboxylic acid groups (broad SMARTS) is 1. The van der Waals surface area contributed by atoms with Gasteiger partial charge >= 0.3 is 5.97 Å². The Labute approximate surface area is 180 Å². The number of carboxylic acids is 1. The van der Waals surface area contributed by atoms with Crippen LogP contribution in [0.1, 0.15) is 56.6 Å². The van der Waals surface area contributed by atoms with Crippen molar-refractivity contribution < 1.29 is 24.2 Å². The van der Waals surface area contributed by atoms with Crippen LogP contribution < -0.4 is 15.7 Å². The summed E-state index contributed by atoms with van der Waals surface area (Å²) in [4.78, 5) is 34.7. The quantitative estimate of drug-likeness (QED) is 0.549. The summed E-state index contributed by atoms with van der Waals surface area (Å²) in [7, 11) is 1.36. The molecular formula is C24H23N2O5-. The van der Waals surface area contributed by atoms with E-state index in [0.717, 1.165) is 23.2 Å². The average Bonchev–Trinajstić information content (AvgIpc) is 3.28. The number of anilines is 1. The minimum atomic E-state index is -1.19. The first kappa shape index (κ1) is 20.7. The van der Waals surface area contributed by atoms with Crippen molar-refractivity contribution in [3.63, 3.8) is 0 Å². The Morgan fingerprint density at radius 3 is 2.58 bits per heavy atom. The lowest BCUT2D eigenvalue weighted by Crippen LogP contribution is -2.32. The molecule has 1 aliphatic carbocycles. The number of aliphatic carboxylic acids is 1. The molecule has 0 bridgehead atoms. The average molecular weight is 419 g/mol. The van der Waals surface area contributed by atoms with Gasteiger partial charge in [-0.2, -0.15) is 0 Å². The zero-order chi connectivity index (χ0) is 22.0. The highest BCUT2D eigenvalue weighted by molar-refractivity contribution is 5.95. The summed E-state index contributed by atoms with van der Waals surface area (Å²) in [6.45, 7) is 0.0338. The maximum absolute atomic E-state index is 12.4. The molecule has 2 aromatic rings. The van der Waals surface area contributed by atoms with Crippen molar-refractivity contribution in [3.05, 3.63) is 76.9 Å². The van der Waals surface area contributed by atoms with Gasteiger partial charge in [0.1, 0.15) is 0 Å². The van der Waals surface area contributed by atoms with E-state index in [-0.39, 0.29) is 42.7 Å². The van der Waals surface area contributed by atoms with Crippen LogP contribution in [-0.4, -0.2) is 31.5 Å². The maximum Gasteiger partial charge on any atom is 0.337 e. The number of nitrogens with one attached hydrogen (secondary N) is 2. The Kier molecular flexibility index (Phi) is 5.75. The normalized spacial score (nSPS) is 20.9. The monoisotopic (exact) mass is 419 g/mol. The van der Waals surface area contributed by atoms with E-state index in [1.54, 1.807) is 18.2 Å². The van der Waals surface area contributed by atoms with Crippen LogP contribution in [-0.2, 0) is 9.53 Å². The van der Waals surface area contributed by atoms with Crippen molar-refractivity contribution >= 4 is 23.5 Å². The van der Waals surface area contributed by atoms with Crippen molar-refractivity contribution in [1.82, 2.24) is 5.32 Å². The molecule has 160 valence electrons. The SMILES string of the molecule is COC(=O)c1ccc([C@@H]2Nc3ccc(C(=O)NCCC(=O)[O-])cc3[C@H]3C=CC[C@@H]32)cc1. The Morgan fingerprint density at radius 1 is 1.13 bits per heavy atom. The molecule has 0 unspecified atom stereocenters. The van der Waals surface area contributed by atoms with Crippen molar-refractivity contribution in [3.8, 4) is 0 Å². The number of carbonyl (C=O) groups is 3. The second-order valence-electron chi connectivity index (χ2n) is 7.77. The van der Waals surface area contributed by atoms with E-state index in [1.807, 2.05) is 24.3 Å². The first-order valence-electron chi connectivity index (χ1n) is 10.2. The van der Waals surface area contributed by atoms with E-state index in [2.05, 4.69) is 22.8 Å². The van der Waals surface area contributed by atoms with E-state index in [9.17, 15) is 19.5 Å². The molecule has 7 heteroatoms. The van der Waals surface area contributed by atoms with Gasteiger partial charge in [-0.1, -0.05) is 24.3 Å². The van der Waals surface area contributed by atoms with Gasteiger partial charge in [-0.05, 0) is 53.8 Å². The Bertz CT molecular complexity index is 1040. The number of amides is 1. The number of esters is 1. The third-order valence-corrected chi connectivity index (χ3v) is 5.93. The number of fused-ring (bicyclic) bond motifs is 3. The molecule has 31 heavy (non-hydrogen) atoms. The molecule has 7 nitrogen and oxygen atoms in total. The topological polar surface area (TPSA) is 108 Å². The zero-order valence-electron chi connectivity index (χ0n) is 17.1. The molecule has 0 spiro atoms. The highest BCUT2D eigenvalue weighted by atomic mass is 16.5. The lowest BCUT2D eigenvalue weighted by Gasteiger charge is -2.37.